The van der Waals surface area contributed by atoms with Crippen LogP contribution in [0.4, 0.5) is 0 Å². The molecule has 1 aromatic rings. The Hall–Kier alpha value is -0.870. The number of rotatable bonds is 4. The van der Waals surface area contributed by atoms with Crippen molar-refractivity contribution in [3.63, 3.8) is 0 Å². The second-order valence-electron chi connectivity index (χ2n) is 6.05. The number of hydrogen-bond acceptors (Lipinski definition) is 3. The zero-order valence-electron chi connectivity index (χ0n) is 12.0. The molecule has 0 bridgehead atoms. The van der Waals surface area contributed by atoms with E-state index in [1.165, 1.54) is 16.7 Å². The van der Waals surface area contributed by atoms with Gasteiger partial charge in [-0.05, 0) is 39.3 Å². The van der Waals surface area contributed by atoms with Crippen LogP contribution in [0.5, 0.6) is 0 Å². The molecule has 1 unspecified atom stereocenters. The van der Waals surface area contributed by atoms with Crippen LogP contribution in [-0.4, -0.2) is 33.5 Å². The first kappa shape index (κ1) is 14.5. The molecule has 1 fully saturated rings. The van der Waals surface area contributed by atoms with Crippen LogP contribution in [0.3, 0.4) is 0 Å². The van der Waals surface area contributed by atoms with E-state index in [1.54, 1.807) is 0 Å². The predicted octanol–water partition coefficient (Wildman–Crippen LogP) is 1.87. The lowest BCUT2D eigenvalue weighted by atomic mass is 9.80. The molecule has 3 nitrogen and oxygen atoms in total. The van der Waals surface area contributed by atoms with Crippen LogP contribution in [0.25, 0.3) is 0 Å². The van der Waals surface area contributed by atoms with Gasteiger partial charge in [0.1, 0.15) is 0 Å². The molecule has 1 saturated heterocycles. The molecule has 1 atom stereocenters. The Labute approximate surface area is 116 Å². The van der Waals surface area contributed by atoms with Gasteiger partial charge in [0.15, 0.2) is 9.84 Å². The summed E-state index contributed by atoms with van der Waals surface area (Å²) in [7, 11) is -0.959. The van der Waals surface area contributed by atoms with E-state index < -0.39 is 9.84 Å². The minimum atomic E-state index is -2.86. The molecule has 106 valence electrons. The van der Waals surface area contributed by atoms with E-state index in [9.17, 15) is 8.42 Å². The Morgan fingerprint density at radius 2 is 1.84 bits per heavy atom. The van der Waals surface area contributed by atoms with Crippen molar-refractivity contribution in [1.29, 1.82) is 0 Å². The largest absolute Gasteiger partial charge is 0.319 e. The van der Waals surface area contributed by atoms with E-state index >= 15 is 0 Å². The first-order valence-electron chi connectivity index (χ1n) is 6.76. The van der Waals surface area contributed by atoms with Crippen molar-refractivity contribution >= 4 is 9.84 Å². The molecular weight excluding hydrogens is 258 g/mol. The maximum atomic E-state index is 11.8. The third-order valence-corrected chi connectivity index (χ3v) is 5.76. The van der Waals surface area contributed by atoms with Crippen LogP contribution >= 0.6 is 0 Å². The van der Waals surface area contributed by atoms with Crippen molar-refractivity contribution in [1.82, 2.24) is 5.32 Å². The second kappa shape index (κ2) is 5.25. The summed E-state index contributed by atoms with van der Waals surface area (Å²) in [4.78, 5) is 0. The van der Waals surface area contributed by atoms with Gasteiger partial charge in [-0.2, -0.15) is 0 Å². The van der Waals surface area contributed by atoms with Gasteiger partial charge in [0.25, 0.3) is 0 Å². The molecule has 1 N–H and O–H groups in total. The Balaban J connectivity index is 2.26. The lowest BCUT2D eigenvalue weighted by molar-refractivity contribution is 0.321. The van der Waals surface area contributed by atoms with Crippen LogP contribution in [0.1, 0.15) is 23.1 Å². The van der Waals surface area contributed by atoms with E-state index in [-0.39, 0.29) is 5.41 Å². The second-order valence-corrected chi connectivity index (χ2v) is 8.23. The summed E-state index contributed by atoms with van der Waals surface area (Å²) in [5.41, 5.74) is 3.61. The number of benzene rings is 1. The highest BCUT2D eigenvalue weighted by Crippen LogP contribution is 2.35. The fourth-order valence-electron chi connectivity index (χ4n) is 3.30. The van der Waals surface area contributed by atoms with Gasteiger partial charge in [-0.3, -0.25) is 0 Å². The standard InChI is InChI=1S/C15H23NO2S/c1-12-6-13(2)8-14(7-12)9-15(10-16-3)4-5-19(17,18)11-15/h6-8,16H,4-5,9-11H2,1-3H3. The fraction of sp³-hybridized carbons (Fsp3) is 0.600. The third-order valence-electron chi connectivity index (χ3n) is 3.88. The normalized spacial score (nSPS) is 25.6. The zero-order chi connectivity index (χ0) is 14.1. The highest BCUT2D eigenvalue weighted by molar-refractivity contribution is 7.91. The van der Waals surface area contributed by atoms with E-state index in [1.807, 2.05) is 7.05 Å². The monoisotopic (exact) mass is 281 g/mol. The number of nitrogens with one attached hydrogen (secondary N) is 1. The minimum Gasteiger partial charge on any atom is -0.319 e. The van der Waals surface area contributed by atoms with Crippen molar-refractivity contribution < 1.29 is 8.42 Å². The van der Waals surface area contributed by atoms with Gasteiger partial charge >= 0.3 is 0 Å². The molecule has 0 amide bonds. The lowest BCUT2D eigenvalue weighted by Crippen LogP contribution is -2.35. The zero-order valence-corrected chi connectivity index (χ0v) is 12.8. The lowest BCUT2D eigenvalue weighted by Gasteiger charge is -2.27. The minimum absolute atomic E-state index is 0.131. The Morgan fingerprint density at radius 3 is 2.32 bits per heavy atom. The average molecular weight is 281 g/mol. The van der Waals surface area contributed by atoms with E-state index in [0.29, 0.717) is 11.5 Å². The van der Waals surface area contributed by atoms with E-state index in [4.69, 9.17) is 0 Å². The summed E-state index contributed by atoms with van der Waals surface area (Å²) in [6.07, 6.45) is 1.61. The summed E-state index contributed by atoms with van der Waals surface area (Å²) >= 11 is 0. The van der Waals surface area contributed by atoms with Gasteiger partial charge in [-0.25, -0.2) is 8.42 Å². The quantitative estimate of drug-likeness (QED) is 0.916. The summed E-state index contributed by atoms with van der Waals surface area (Å²) in [6, 6.07) is 6.50. The van der Waals surface area contributed by atoms with E-state index in [0.717, 1.165) is 19.4 Å². The Bertz CT molecular complexity index is 545. The van der Waals surface area contributed by atoms with Gasteiger partial charge < -0.3 is 5.32 Å². The summed E-state index contributed by atoms with van der Waals surface area (Å²) in [5, 5.41) is 3.17. The smallest absolute Gasteiger partial charge is 0.150 e. The van der Waals surface area contributed by atoms with Crippen LogP contribution < -0.4 is 5.32 Å². The topological polar surface area (TPSA) is 46.2 Å². The molecule has 4 heteroatoms. The maximum absolute atomic E-state index is 11.8. The van der Waals surface area contributed by atoms with Crippen molar-refractivity contribution in [2.45, 2.75) is 26.7 Å². The van der Waals surface area contributed by atoms with Gasteiger partial charge in [0.05, 0.1) is 11.5 Å². The third kappa shape index (κ3) is 3.57. The van der Waals surface area contributed by atoms with Crippen LogP contribution in [0.2, 0.25) is 0 Å². The average Bonchev–Trinajstić information content (AvgIpc) is 2.53. The SMILES string of the molecule is CNCC1(Cc2cc(C)cc(C)c2)CCS(=O)(=O)C1. The van der Waals surface area contributed by atoms with Gasteiger partial charge in [0.2, 0.25) is 0 Å². The Morgan fingerprint density at radius 1 is 1.21 bits per heavy atom. The van der Waals surface area contributed by atoms with Crippen molar-refractivity contribution in [2.24, 2.45) is 5.41 Å². The van der Waals surface area contributed by atoms with Gasteiger partial charge in [-0.15, -0.1) is 0 Å². The number of aryl methyl sites for hydroxylation is 2. The van der Waals surface area contributed by atoms with Crippen molar-refractivity contribution in [3.8, 4) is 0 Å². The number of hydrogen-bond donors (Lipinski definition) is 1. The molecule has 19 heavy (non-hydrogen) atoms. The molecule has 1 aromatic carbocycles. The summed E-state index contributed by atoms with van der Waals surface area (Å²) in [5.74, 6) is 0.646. The van der Waals surface area contributed by atoms with Crippen molar-refractivity contribution in [2.75, 3.05) is 25.1 Å². The molecule has 0 aliphatic carbocycles. The Kier molecular flexibility index (Phi) is 4.02. The summed E-state index contributed by atoms with van der Waals surface area (Å²) < 4.78 is 23.6. The fourth-order valence-corrected chi connectivity index (χ4v) is 5.47. The molecule has 0 radical (unpaired) electrons. The molecule has 1 heterocycles. The first-order chi connectivity index (χ1) is 8.84. The van der Waals surface area contributed by atoms with Crippen LogP contribution in [-0.2, 0) is 16.3 Å². The maximum Gasteiger partial charge on any atom is 0.150 e. The molecular formula is C15H23NO2S. The highest BCUT2D eigenvalue weighted by atomic mass is 32.2. The molecule has 2 rings (SSSR count). The molecule has 0 spiro atoms. The predicted molar refractivity (Wildman–Crippen MR) is 79.3 cm³/mol. The van der Waals surface area contributed by atoms with Crippen LogP contribution in [0.15, 0.2) is 18.2 Å². The highest BCUT2D eigenvalue weighted by Gasteiger charge is 2.41. The van der Waals surface area contributed by atoms with Crippen LogP contribution in [0, 0.1) is 19.3 Å². The molecule has 0 saturated carbocycles. The molecule has 1 aliphatic rings. The molecule has 1 aliphatic heterocycles. The summed E-state index contributed by atoms with van der Waals surface area (Å²) in [6.45, 7) is 4.94. The first-order valence-corrected chi connectivity index (χ1v) is 8.59. The molecule has 0 aromatic heterocycles. The van der Waals surface area contributed by atoms with Gasteiger partial charge in [0, 0.05) is 12.0 Å². The van der Waals surface area contributed by atoms with Gasteiger partial charge in [-0.1, -0.05) is 29.3 Å². The van der Waals surface area contributed by atoms with Crippen molar-refractivity contribution in [3.05, 3.63) is 34.9 Å². The number of sulfone groups is 1. The van der Waals surface area contributed by atoms with E-state index in [2.05, 4.69) is 37.4 Å².